The standard InChI is InChI=1S/C24H20F7N3O2/c1-3-17-11-15(8-10-32-17)18-5-4-9-33-21(18)36-19-12-16(7-6-14(19)2)20(35)34-13-22(25,26)23(27,28)24(29,30)31/h4-12H,3,13H2,1-2H3,(H,34,35). The summed E-state index contributed by atoms with van der Waals surface area (Å²) in [7, 11) is 0. The fourth-order valence-corrected chi connectivity index (χ4v) is 3.10. The zero-order chi connectivity index (χ0) is 26.7. The molecule has 2 aromatic heterocycles. The van der Waals surface area contributed by atoms with Gasteiger partial charge in [-0.05, 0) is 60.9 Å². The van der Waals surface area contributed by atoms with E-state index >= 15 is 0 Å². The minimum Gasteiger partial charge on any atom is -0.438 e. The first-order valence-electron chi connectivity index (χ1n) is 10.6. The molecule has 1 amide bonds. The summed E-state index contributed by atoms with van der Waals surface area (Å²) < 4.78 is 96.1. The monoisotopic (exact) mass is 515 g/mol. The van der Waals surface area contributed by atoms with Crippen LogP contribution in [0.4, 0.5) is 30.7 Å². The van der Waals surface area contributed by atoms with Crippen LogP contribution in [0.2, 0.25) is 0 Å². The average Bonchev–Trinajstić information content (AvgIpc) is 2.83. The normalized spacial score (nSPS) is 12.4. The molecule has 3 rings (SSSR count). The highest BCUT2D eigenvalue weighted by atomic mass is 19.4. The molecule has 36 heavy (non-hydrogen) atoms. The number of amides is 1. The zero-order valence-corrected chi connectivity index (χ0v) is 19.0. The second-order valence-corrected chi connectivity index (χ2v) is 7.79. The van der Waals surface area contributed by atoms with Crippen LogP contribution in [0, 0.1) is 6.92 Å². The van der Waals surface area contributed by atoms with E-state index in [1.807, 2.05) is 13.0 Å². The number of aromatic nitrogens is 2. The number of benzene rings is 1. The van der Waals surface area contributed by atoms with Crippen molar-refractivity contribution < 1.29 is 40.3 Å². The number of pyridine rings is 2. The average molecular weight is 515 g/mol. The van der Waals surface area contributed by atoms with E-state index < -0.39 is 30.5 Å². The summed E-state index contributed by atoms with van der Waals surface area (Å²) in [5, 5.41) is 1.43. The Labute approximate surface area is 201 Å². The van der Waals surface area contributed by atoms with Gasteiger partial charge in [0.05, 0.1) is 6.54 Å². The number of carbonyl (C=O) groups excluding carboxylic acids is 1. The van der Waals surface area contributed by atoms with Gasteiger partial charge in [0, 0.05) is 29.2 Å². The van der Waals surface area contributed by atoms with Gasteiger partial charge < -0.3 is 10.1 Å². The Morgan fingerprint density at radius 3 is 2.36 bits per heavy atom. The lowest BCUT2D eigenvalue weighted by atomic mass is 10.1. The molecule has 1 aromatic carbocycles. The van der Waals surface area contributed by atoms with Gasteiger partial charge in [0.25, 0.3) is 5.91 Å². The number of aryl methyl sites for hydroxylation is 2. The summed E-state index contributed by atoms with van der Waals surface area (Å²) in [4.78, 5) is 20.7. The molecule has 0 spiro atoms. The van der Waals surface area contributed by atoms with Crippen molar-refractivity contribution in [3.05, 3.63) is 71.7 Å². The summed E-state index contributed by atoms with van der Waals surface area (Å²) in [6, 6.07) is 10.7. The molecule has 0 aliphatic carbocycles. The fourth-order valence-electron chi connectivity index (χ4n) is 3.10. The number of halogens is 7. The van der Waals surface area contributed by atoms with E-state index in [9.17, 15) is 35.5 Å². The molecule has 0 unspecified atom stereocenters. The van der Waals surface area contributed by atoms with Crippen molar-refractivity contribution in [3.63, 3.8) is 0 Å². The largest absolute Gasteiger partial charge is 0.459 e. The first kappa shape index (κ1) is 26.9. The van der Waals surface area contributed by atoms with Gasteiger partial charge in [-0.2, -0.15) is 30.7 Å². The number of hydrogen-bond acceptors (Lipinski definition) is 4. The molecular weight excluding hydrogens is 495 g/mol. The van der Waals surface area contributed by atoms with Crippen molar-refractivity contribution in [1.82, 2.24) is 15.3 Å². The van der Waals surface area contributed by atoms with Gasteiger partial charge in [-0.25, -0.2) is 4.98 Å². The molecule has 0 fully saturated rings. The van der Waals surface area contributed by atoms with Gasteiger partial charge in [-0.3, -0.25) is 9.78 Å². The molecule has 1 N–H and O–H groups in total. The maximum atomic E-state index is 13.5. The van der Waals surface area contributed by atoms with E-state index in [4.69, 9.17) is 4.74 Å². The first-order valence-corrected chi connectivity index (χ1v) is 10.6. The number of rotatable bonds is 8. The number of nitrogens with zero attached hydrogens (tertiary/aromatic N) is 2. The predicted octanol–water partition coefficient (Wildman–Crippen LogP) is 6.37. The van der Waals surface area contributed by atoms with E-state index in [0.717, 1.165) is 17.3 Å². The zero-order valence-electron chi connectivity index (χ0n) is 19.0. The van der Waals surface area contributed by atoms with Crippen LogP contribution >= 0.6 is 0 Å². The van der Waals surface area contributed by atoms with Crippen LogP contribution in [-0.2, 0) is 6.42 Å². The van der Waals surface area contributed by atoms with Crippen molar-refractivity contribution in [3.8, 4) is 22.8 Å². The molecule has 0 aliphatic heterocycles. The first-order chi connectivity index (χ1) is 16.8. The molecule has 0 radical (unpaired) electrons. The maximum Gasteiger partial charge on any atom is 0.459 e. The van der Waals surface area contributed by atoms with E-state index in [-0.39, 0.29) is 17.2 Å². The molecule has 2 heterocycles. The number of alkyl halides is 7. The van der Waals surface area contributed by atoms with E-state index in [0.29, 0.717) is 17.5 Å². The van der Waals surface area contributed by atoms with E-state index in [2.05, 4.69) is 9.97 Å². The number of nitrogens with one attached hydrogen (secondary N) is 1. The van der Waals surface area contributed by atoms with Crippen LogP contribution in [0.25, 0.3) is 11.1 Å². The summed E-state index contributed by atoms with van der Waals surface area (Å²) in [5.74, 6) is -12.9. The Balaban J connectivity index is 1.83. The molecule has 12 heteroatoms. The van der Waals surface area contributed by atoms with Crippen LogP contribution in [0.1, 0.15) is 28.5 Å². The predicted molar refractivity (Wildman–Crippen MR) is 116 cm³/mol. The molecular formula is C24H20F7N3O2. The highest BCUT2D eigenvalue weighted by molar-refractivity contribution is 5.94. The van der Waals surface area contributed by atoms with Gasteiger partial charge in [0.1, 0.15) is 5.75 Å². The SMILES string of the molecule is CCc1cc(-c2cccnc2Oc2cc(C(=O)NCC(F)(F)C(F)(F)C(F)(F)F)ccc2C)ccn1. The molecule has 5 nitrogen and oxygen atoms in total. The lowest BCUT2D eigenvalue weighted by Gasteiger charge is -2.28. The lowest BCUT2D eigenvalue weighted by molar-refractivity contribution is -0.352. The highest BCUT2D eigenvalue weighted by Gasteiger charge is 2.72. The van der Waals surface area contributed by atoms with Crippen LogP contribution in [0.15, 0.2) is 54.9 Å². The fraction of sp³-hybridized carbons (Fsp3) is 0.292. The number of hydrogen-bond donors (Lipinski definition) is 1. The third-order valence-electron chi connectivity index (χ3n) is 5.20. The third-order valence-corrected chi connectivity index (χ3v) is 5.20. The Hall–Kier alpha value is -3.70. The van der Waals surface area contributed by atoms with Crippen LogP contribution < -0.4 is 10.1 Å². The van der Waals surface area contributed by atoms with Gasteiger partial charge >= 0.3 is 18.0 Å². The second kappa shape index (κ2) is 10.1. The quantitative estimate of drug-likeness (QED) is 0.354. The van der Waals surface area contributed by atoms with Gasteiger partial charge in [-0.15, -0.1) is 0 Å². The number of carbonyl (C=O) groups is 1. The number of ether oxygens (including phenoxy) is 1. The van der Waals surface area contributed by atoms with Crippen molar-refractivity contribution in [1.29, 1.82) is 0 Å². The van der Waals surface area contributed by atoms with Gasteiger partial charge in [0.15, 0.2) is 0 Å². The van der Waals surface area contributed by atoms with E-state index in [1.165, 1.54) is 23.6 Å². The van der Waals surface area contributed by atoms with E-state index in [1.54, 1.807) is 31.3 Å². The molecule has 0 aliphatic rings. The molecule has 0 bridgehead atoms. The van der Waals surface area contributed by atoms with Crippen LogP contribution in [-0.4, -0.2) is 40.4 Å². The Morgan fingerprint density at radius 1 is 0.972 bits per heavy atom. The Morgan fingerprint density at radius 2 is 1.69 bits per heavy atom. The molecule has 0 saturated heterocycles. The van der Waals surface area contributed by atoms with Crippen molar-refractivity contribution in [2.24, 2.45) is 0 Å². The smallest absolute Gasteiger partial charge is 0.438 e. The molecule has 192 valence electrons. The minimum absolute atomic E-state index is 0.0970. The van der Waals surface area contributed by atoms with Crippen LogP contribution in [0.5, 0.6) is 11.6 Å². The maximum absolute atomic E-state index is 13.5. The molecule has 0 saturated carbocycles. The second-order valence-electron chi connectivity index (χ2n) is 7.79. The molecule has 3 aromatic rings. The molecule has 0 atom stereocenters. The topological polar surface area (TPSA) is 64.1 Å². The Kier molecular flexibility index (Phi) is 7.56. The van der Waals surface area contributed by atoms with Gasteiger partial charge in [0.2, 0.25) is 5.88 Å². The third kappa shape index (κ3) is 5.58. The van der Waals surface area contributed by atoms with Crippen molar-refractivity contribution in [2.75, 3.05) is 6.54 Å². The summed E-state index contributed by atoms with van der Waals surface area (Å²) in [5.41, 5.74) is 2.39. The summed E-state index contributed by atoms with van der Waals surface area (Å²) in [6.45, 7) is 1.33. The lowest BCUT2D eigenvalue weighted by Crippen LogP contribution is -2.56. The van der Waals surface area contributed by atoms with Crippen LogP contribution in [0.3, 0.4) is 0 Å². The Bertz CT molecular complexity index is 1250. The van der Waals surface area contributed by atoms with Crippen molar-refractivity contribution >= 4 is 5.91 Å². The minimum atomic E-state index is -6.49. The van der Waals surface area contributed by atoms with Crippen molar-refractivity contribution in [2.45, 2.75) is 38.3 Å². The summed E-state index contributed by atoms with van der Waals surface area (Å²) >= 11 is 0. The van der Waals surface area contributed by atoms with Gasteiger partial charge in [-0.1, -0.05) is 13.0 Å². The summed E-state index contributed by atoms with van der Waals surface area (Å²) in [6.07, 6.45) is -2.71. The highest BCUT2D eigenvalue weighted by Crippen LogP contribution is 2.46.